The van der Waals surface area contributed by atoms with Crippen molar-refractivity contribution in [3.05, 3.63) is 66.2 Å². The van der Waals surface area contributed by atoms with Crippen LogP contribution in [-0.2, 0) is 15.4 Å². The number of ether oxygens (including phenoxy) is 1. The van der Waals surface area contributed by atoms with Crippen LogP contribution in [0.15, 0.2) is 65.6 Å². The predicted molar refractivity (Wildman–Crippen MR) is 115 cm³/mol. The SMILES string of the molecule is CC(C)(C)c1ccc(S(=O)(=O)N2CCC(Oc3ccc4ccccc4n3)C2)cc1. The highest BCUT2D eigenvalue weighted by Gasteiger charge is 2.34. The van der Waals surface area contributed by atoms with Crippen LogP contribution in [0.25, 0.3) is 10.9 Å². The monoisotopic (exact) mass is 410 g/mol. The predicted octanol–water partition coefficient (Wildman–Crippen LogP) is 4.37. The number of benzene rings is 2. The molecule has 0 saturated carbocycles. The normalized spacial score (nSPS) is 18.2. The summed E-state index contributed by atoms with van der Waals surface area (Å²) in [4.78, 5) is 4.86. The molecule has 6 heteroatoms. The van der Waals surface area contributed by atoms with Gasteiger partial charge in [-0.15, -0.1) is 0 Å². The van der Waals surface area contributed by atoms with Crippen molar-refractivity contribution >= 4 is 20.9 Å². The van der Waals surface area contributed by atoms with Crippen LogP contribution in [0.1, 0.15) is 32.8 Å². The third-order valence-corrected chi connectivity index (χ3v) is 7.21. The third kappa shape index (κ3) is 4.14. The minimum absolute atomic E-state index is 0.0122. The maximum atomic E-state index is 13.0. The number of nitrogens with zero attached hydrogens (tertiary/aromatic N) is 2. The van der Waals surface area contributed by atoms with Gasteiger partial charge in [0.25, 0.3) is 0 Å². The highest BCUT2D eigenvalue weighted by Crippen LogP contribution is 2.27. The van der Waals surface area contributed by atoms with Crippen LogP contribution in [0.5, 0.6) is 5.88 Å². The molecule has 29 heavy (non-hydrogen) atoms. The number of hydrogen-bond acceptors (Lipinski definition) is 4. The van der Waals surface area contributed by atoms with E-state index in [0.717, 1.165) is 16.5 Å². The third-order valence-electron chi connectivity index (χ3n) is 5.33. The van der Waals surface area contributed by atoms with Crippen molar-refractivity contribution in [2.24, 2.45) is 0 Å². The number of para-hydroxylation sites is 1. The van der Waals surface area contributed by atoms with Crippen molar-refractivity contribution in [3.63, 3.8) is 0 Å². The second-order valence-electron chi connectivity index (χ2n) is 8.51. The number of pyridine rings is 1. The summed E-state index contributed by atoms with van der Waals surface area (Å²) in [6, 6.07) is 18.9. The first-order valence-electron chi connectivity index (χ1n) is 9.87. The molecule has 2 heterocycles. The minimum Gasteiger partial charge on any atom is -0.473 e. The number of hydrogen-bond donors (Lipinski definition) is 0. The molecule has 0 amide bonds. The molecule has 1 aromatic heterocycles. The Kier molecular flexibility index (Phi) is 5.09. The van der Waals surface area contributed by atoms with Gasteiger partial charge in [-0.1, -0.05) is 51.1 Å². The van der Waals surface area contributed by atoms with E-state index in [1.807, 2.05) is 48.5 Å². The van der Waals surface area contributed by atoms with Gasteiger partial charge in [0.15, 0.2) is 0 Å². The smallest absolute Gasteiger partial charge is 0.243 e. The zero-order valence-corrected chi connectivity index (χ0v) is 17.8. The van der Waals surface area contributed by atoms with E-state index in [1.165, 1.54) is 4.31 Å². The van der Waals surface area contributed by atoms with Crippen LogP contribution in [-0.4, -0.2) is 36.9 Å². The Balaban J connectivity index is 1.46. The molecule has 1 unspecified atom stereocenters. The van der Waals surface area contributed by atoms with Crippen molar-refractivity contribution in [2.75, 3.05) is 13.1 Å². The topological polar surface area (TPSA) is 59.5 Å². The highest BCUT2D eigenvalue weighted by atomic mass is 32.2. The lowest BCUT2D eigenvalue weighted by Gasteiger charge is -2.20. The van der Waals surface area contributed by atoms with Gasteiger partial charge >= 0.3 is 0 Å². The molecular formula is C23H26N2O3S. The Labute approximate surface area is 172 Å². The summed E-state index contributed by atoms with van der Waals surface area (Å²) in [6.07, 6.45) is 0.445. The molecule has 1 atom stereocenters. The Morgan fingerprint density at radius 1 is 1.00 bits per heavy atom. The molecular weight excluding hydrogens is 384 g/mol. The van der Waals surface area contributed by atoms with Crippen LogP contribution in [0.3, 0.4) is 0 Å². The summed E-state index contributed by atoms with van der Waals surface area (Å²) in [5, 5.41) is 1.05. The molecule has 0 aliphatic carbocycles. The van der Waals surface area contributed by atoms with Crippen LogP contribution in [0, 0.1) is 0 Å². The lowest BCUT2D eigenvalue weighted by atomic mass is 9.87. The van der Waals surface area contributed by atoms with Crippen LogP contribution in [0.2, 0.25) is 0 Å². The fourth-order valence-corrected chi connectivity index (χ4v) is 5.06. The van der Waals surface area contributed by atoms with Crippen LogP contribution in [0.4, 0.5) is 0 Å². The maximum absolute atomic E-state index is 13.0. The fraction of sp³-hybridized carbons (Fsp3) is 0.348. The Morgan fingerprint density at radius 2 is 1.72 bits per heavy atom. The first-order chi connectivity index (χ1) is 13.7. The number of fused-ring (bicyclic) bond motifs is 1. The molecule has 1 aliphatic heterocycles. The maximum Gasteiger partial charge on any atom is 0.243 e. The van der Waals surface area contributed by atoms with Crippen molar-refractivity contribution in [1.29, 1.82) is 0 Å². The number of sulfonamides is 1. The van der Waals surface area contributed by atoms with E-state index in [2.05, 4.69) is 25.8 Å². The standard InChI is InChI=1S/C23H26N2O3S/c1-23(2,3)18-9-11-20(12-10-18)29(26,27)25-15-14-19(16-25)28-22-13-8-17-6-4-5-7-21(17)24-22/h4-13,19H,14-16H2,1-3H3. The quantitative estimate of drug-likeness (QED) is 0.641. The van der Waals surface area contributed by atoms with E-state index in [4.69, 9.17) is 4.74 Å². The van der Waals surface area contributed by atoms with E-state index in [1.54, 1.807) is 12.1 Å². The first-order valence-corrected chi connectivity index (χ1v) is 11.3. The molecule has 1 saturated heterocycles. The van der Waals surface area contributed by atoms with E-state index < -0.39 is 10.0 Å². The molecule has 0 spiro atoms. The van der Waals surface area contributed by atoms with Gasteiger partial charge < -0.3 is 4.74 Å². The lowest BCUT2D eigenvalue weighted by Crippen LogP contribution is -2.31. The molecule has 4 rings (SSSR count). The zero-order chi connectivity index (χ0) is 20.6. The molecule has 5 nitrogen and oxygen atoms in total. The van der Waals surface area contributed by atoms with Crippen LogP contribution >= 0.6 is 0 Å². The van der Waals surface area contributed by atoms with Gasteiger partial charge in [0.2, 0.25) is 15.9 Å². The zero-order valence-electron chi connectivity index (χ0n) is 17.0. The largest absolute Gasteiger partial charge is 0.473 e. The minimum atomic E-state index is -3.53. The second-order valence-corrected chi connectivity index (χ2v) is 10.4. The van der Waals surface area contributed by atoms with Gasteiger partial charge in [-0.2, -0.15) is 4.31 Å². The first kappa shape index (κ1) is 19.9. The molecule has 1 fully saturated rings. The molecule has 0 bridgehead atoms. The van der Waals surface area contributed by atoms with Gasteiger partial charge in [-0.05, 0) is 41.7 Å². The van der Waals surface area contributed by atoms with Crippen molar-refractivity contribution < 1.29 is 13.2 Å². The van der Waals surface area contributed by atoms with Crippen molar-refractivity contribution in [1.82, 2.24) is 9.29 Å². The molecule has 0 radical (unpaired) electrons. The summed E-state index contributed by atoms with van der Waals surface area (Å²) >= 11 is 0. The number of aromatic nitrogens is 1. The van der Waals surface area contributed by atoms with E-state index in [0.29, 0.717) is 30.3 Å². The van der Waals surface area contributed by atoms with Gasteiger partial charge in [0.05, 0.1) is 17.0 Å². The molecule has 1 aliphatic rings. The summed E-state index contributed by atoms with van der Waals surface area (Å²) in [6.45, 7) is 7.11. The Bertz CT molecular complexity index is 1120. The van der Waals surface area contributed by atoms with Crippen molar-refractivity contribution in [2.45, 2.75) is 43.6 Å². The average Bonchev–Trinajstić information content (AvgIpc) is 3.17. The molecule has 0 N–H and O–H groups in total. The highest BCUT2D eigenvalue weighted by molar-refractivity contribution is 7.89. The van der Waals surface area contributed by atoms with Crippen molar-refractivity contribution in [3.8, 4) is 5.88 Å². The summed E-state index contributed by atoms with van der Waals surface area (Å²) in [5.74, 6) is 0.530. The van der Waals surface area contributed by atoms with E-state index in [-0.39, 0.29) is 11.5 Å². The van der Waals surface area contributed by atoms with Gasteiger partial charge in [-0.25, -0.2) is 13.4 Å². The van der Waals surface area contributed by atoms with Gasteiger partial charge in [-0.3, -0.25) is 0 Å². The van der Waals surface area contributed by atoms with Gasteiger partial charge in [0.1, 0.15) is 6.10 Å². The summed E-state index contributed by atoms with van der Waals surface area (Å²) < 4.78 is 33.5. The molecule has 152 valence electrons. The second kappa shape index (κ2) is 7.43. The average molecular weight is 411 g/mol. The Morgan fingerprint density at radius 3 is 2.45 bits per heavy atom. The summed E-state index contributed by atoms with van der Waals surface area (Å²) in [7, 11) is -3.53. The fourth-order valence-electron chi connectivity index (χ4n) is 3.57. The van der Waals surface area contributed by atoms with E-state index in [9.17, 15) is 8.42 Å². The lowest BCUT2D eigenvalue weighted by molar-refractivity contribution is 0.207. The van der Waals surface area contributed by atoms with Gasteiger partial charge in [0, 0.05) is 18.0 Å². The Hall–Kier alpha value is -2.44. The number of rotatable bonds is 4. The van der Waals surface area contributed by atoms with Crippen LogP contribution < -0.4 is 4.74 Å². The summed E-state index contributed by atoms with van der Waals surface area (Å²) in [5.41, 5.74) is 1.97. The molecule has 3 aromatic rings. The van der Waals surface area contributed by atoms with E-state index >= 15 is 0 Å². The molecule has 2 aromatic carbocycles.